The standard InChI is InChI=1S/C16H20O4/c1-19-15-9-5-3-7-11(15)13(17)12-8-4-6-10-16(12,20-2)14(15)18/h3-6,11-12H,7-10H2,1-2H3. The van der Waals surface area contributed by atoms with E-state index in [0.717, 1.165) is 0 Å². The second-order valence-corrected chi connectivity index (χ2v) is 5.85. The average Bonchev–Trinajstić information content (AvgIpc) is 2.52. The second kappa shape index (κ2) is 4.64. The van der Waals surface area contributed by atoms with Crippen molar-refractivity contribution in [1.82, 2.24) is 0 Å². The van der Waals surface area contributed by atoms with Crippen molar-refractivity contribution in [3.8, 4) is 0 Å². The molecule has 20 heavy (non-hydrogen) atoms. The van der Waals surface area contributed by atoms with Crippen molar-refractivity contribution < 1.29 is 19.1 Å². The maximum atomic E-state index is 13.2. The van der Waals surface area contributed by atoms with Crippen LogP contribution in [0.4, 0.5) is 0 Å². The van der Waals surface area contributed by atoms with Crippen LogP contribution in [0.3, 0.4) is 0 Å². The minimum absolute atomic E-state index is 0.0571. The lowest BCUT2D eigenvalue weighted by Gasteiger charge is -2.53. The molecule has 0 spiro atoms. The van der Waals surface area contributed by atoms with Gasteiger partial charge in [-0.15, -0.1) is 0 Å². The molecule has 3 aliphatic carbocycles. The Labute approximate surface area is 118 Å². The average molecular weight is 276 g/mol. The molecule has 0 radical (unpaired) electrons. The Morgan fingerprint density at radius 3 is 1.75 bits per heavy atom. The van der Waals surface area contributed by atoms with E-state index in [1.54, 1.807) is 0 Å². The van der Waals surface area contributed by atoms with E-state index in [-0.39, 0.29) is 23.4 Å². The fraction of sp³-hybridized carbons (Fsp3) is 0.625. The van der Waals surface area contributed by atoms with Gasteiger partial charge in [0, 0.05) is 27.1 Å². The second-order valence-electron chi connectivity index (χ2n) is 5.85. The number of rotatable bonds is 2. The summed E-state index contributed by atoms with van der Waals surface area (Å²) in [6.45, 7) is 0. The number of hydrogen-bond donors (Lipinski definition) is 0. The predicted molar refractivity (Wildman–Crippen MR) is 73.2 cm³/mol. The topological polar surface area (TPSA) is 52.6 Å². The van der Waals surface area contributed by atoms with E-state index in [9.17, 15) is 9.59 Å². The molecule has 0 aliphatic heterocycles. The normalized spacial score (nSPS) is 43.3. The SMILES string of the molecule is COC12CC=CCC1C(=O)C1CC=CCC1(OC)C2=O. The van der Waals surface area contributed by atoms with E-state index in [1.165, 1.54) is 14.2 Å². The van der Waals surface area contributed by atoms with Crippen LogP contribution in [0, 0.1) is 11.8 Å². The predicted octanol–water partition coefficient (Wildman–Crippen LogP) is 1.84. The van der Waals surface area contributed by atoms with Crippen LogP contribution in [0.25, 0.3) is 0 Å². The minimum Gasteiger partial charge on any atom is -0.369 e. The Balaban J connectivity index is 2.15. The zero-order valence-corrected chi connectivity index (χ0v) is 11.9. The van der Waals surface area contributed by atoms with E-state index in [2.05, 4.69) is 0 Å². The van der Waals surface area contributed by atoms with Crippen molar-refractivity contribution >= 4 is 11.6 Å². The summed E-state index contributed by atoms with van der Waals surface area (Å²) in [4.78, 5) is 26.1. The third-order valence-corrected chi connectivity index (χ3v) is 5.23. The lowest BCUT2D eigenvalue weighted by molar-refractivity contribution is -0.196. The van der Waals surface area contributed by atoms with Gasteiger partial charge in [-0.05, 0) is 12.8 Å². The van der Waals surface area contributed by atoms with E-state index in [4.69, 9.17) is 9.47 Å². The quantitative estimate of drug-likeness (QED) is 0.722. The van der Waals surface area contributed by atoms with Gasteiger partial charge < -0.3 is 9.47 Å². The Kier molecular flexibility index (Phi) is 3.18. The van der Waals surface area contributed by atoms with Crippen molar-refractivity contribution in [2.75, 3.05) is 14.2 Å². The molecule has 0 saturated heterocycles. The first-order valence-corrected chi connectivity index (χ1v) is 7.11. The van der Waals surface area contributed by atoms with Crippen molar-refractivity contribution in [2.45, 2.75) is 36.9 Å². The number of allylic oxidation sites excluding steroid dienone is 2. The Bertz CT molecular complexity index is 465. The third kappa shape index (κ3) is 1.49. The molecule has 3 rings (SSSR count). The molecule has 0 bridgehead atoms. The highest BCUT2D eigenvalue weighted by molar-refractivity contribution is 6.08. The first-order chi connectivity index (χ1) is 9.62. The molecule has 0 aromatic rings. The molecule has 4 atom stereocenters. The summed E-state index contributed by atoms with van der Waals surface area (Å²) in [7, 11) is 3.05. The third-order valence-electron chi connectivity index (χ3n) is 5.23. The van der Waals surface area contributed by atoms with Gasteiger partial charge in [0.05, 0.1) is 11.8 Å². The van der Waals surface area contributed by atoms with Gasteiger partial charge in [-0.2, -0.15) is 0 Å². The van der Waals surface area contributed by atoms with Crippen LogP contribution in [0.1, 0.15) is 25.7 Å². The highest BCUT2D eigenvalue weighted by Crippen LogP contribution is 2.50. The molecule has 1 saturated carbocycles. The monoisotopic (exact) mass is 276 g/mol. The largest absolute Gasteiger partial charge is 0.369 e. The smallest absolute Gasteiger partial charge is 0.198 e. The summed E-state index contributed by atoms with van der Waals surface area (Å²) in [6.07, 6.45) is 9.91. The molecular weight excluding hydrogens is 256 g/mol. The van der Waals surface area contributed by atoms with Gasteiger partial charge in [-0.25, -0.2) is 0 Å². The fourth-order valence-electron chi connectivity index (χ4n) is 4.08. The zero-order valence-electron chi connectivity index (χ0n) is 11.9. The first-order valence-electron chi connectivity index (χ1n) is 7.11. The van der Waals surface area contributed by atoms with Crippen LogP contribution in [0.5, 0.6) is 0 Å². The summed E-state index contributed by atoms with van der Waals surface area (Å²) in [5.41, 5.74) is -2.08. The molecule has 4 unspecified atom stereocenters. The van der Waals surface area contributed by atoms with Crippen LogP contribution >= 0.6 is 0 Å². The number of ketones is 2. The number of methoxy groups -OCH3 is 2. The first kappa shape index (κ1) is 13.7. The summed E-state index contributed by atoms with van der Waals surface area (Å²) >= 11 is 0. The number of Topliss-reactive ketones (excluding diaryl/α,β-unsaturated/α-hetero) is 2. The van der Waals surface area contributed by atoms with Crippen molar-refractivity contribution in [2.24, 2.45) is 11.8 Å². The van der Waals surface area contributed by atoms with Crippen LogP contribution in [-0.4, -0.2) is 37.0 Å². The lowest BCUT2D eigenvalue weighted by atomic mass is 9.56. The Morgan fingerprint density at radius 2 is 1.35 bits per heavy atom. The molecule has 3 aliphatic rings. The summed E-state index contributed by atoms with van der Waals surface area (Å²) < 4.78 is 11.2. The number of carbonyl (C=O) groups excluding carboxylic acids is 2. The highest BCUT2D eigenvalue weighted by atomic mass is 16.5. The molecule has 0 heterocycles. The summed E-state index contributed by atoms with van der Waals surface area (Å²) in [5, 5.41) is 0. The maximum absolute atomic E-state index is 13.2. The number of fused-ring (bicyclic) bond motifs is 2. The summed E-state index contributed by atoms with van der Waals surface area (Å²) in [5.74, 6) is -0.685. The van der Waals surface area contributed by atoms with Crippen LogP contribution in [0.15, 0.2) is 24.3 Å². The molecule has 4 heteroatoms. The molecule has 4 nitrogen and oxygen atoms in total. The molecule has 1 fully saturated rings. The van der Waals surface area contributed by atoms with Gasteiger partial charge in [0.1, 0.15) is 17.0 Å². The molecule has 0 N–H and O–H groups in total. The van der Waals surface area contributed by atoms with Gasteiger partial charge in [-0.1, -0.05) is 24.3 Å². The van der Waals surface area contributed by atoms with Crippen molar-refractivity contribution in [3.63, 3.8) is 0 Å². The van der Waals surface area contributed by atoms with Gasteiger partial charge in [-0.3, -0.25) is 9.59 Å². The summed E-state index contributed by atoms with van der Waals surface area (Å²) in [6, 6.07) is 0. The van der Waals surface area contributed by atoms with Crippen LogP contribution < -0.4 is 0 Å². The highest BCUT2D eigenvalue weighted by Gasteiger charge is 2.66. The maximum Gasteiger partial charge on any atom is 0.198 e. The van der Waals surface area contributed by atoms with Crippen molar-refractivity contribution in [1.29, 1.82) is 0 Å². The number of ether oxygens (including phenoxy) is 2. The number of hydrogen-bond acceptors (Lipinski definition) is 4. The van der Waals surface area contributed by atoms with Gasteiger partial charge in [0.2, 0.25) is 0 Å². The fourth-order valence-corrected chi connectivity index (χ4v) is 4.08. The molecular formula is C16H20O4. The lowest BCUT2D eigenvalue weighted by Crippen LogP contribution is -2.70. The van der Waals surface area contributed by atoms with E-state index >= 15 is 0 Å². The Morgan fingerprint density at radius 1 is 0.900 bits per heavy atom. The molecule has 108 valence electrons. The van der Waals surface area contributed by atoms with E-state index in [0.29, 0.717) is 25.7 Å². The van der Waals surface area contributed by atoms with E-state index < -0.39 is 11.2 Å². The Hall–Kier alpha value is -1.26. The van der Waals surface area contributed by atoms with E-state index in [1.807, 2.05) is 24.3 Å². The van der Waals surface area contributed by atoms with Crippen LogP contribution in [-0.2, 0) is 19.1 Å². The number of carbonyl (C=O) groups is 2. The van der Waals surface area contributed by atoms with Gasteiger partial charge in [0.15, 0.2) is 5.78 Å². The van der Waals surface area contributed by atoms with Crippen molar-refractivity contribution in [3.05, 3.63) is 24.3 Å². The van der Waals surface area contributed by atoms with Gasteiger partial charge in [0.25, 0.3) is 0 Å². The minimum atomic E-state index is -1.04. The molecule has 0 aromatic carbocycles. The van der Waals surface area contributed by atoms with Gasteiger partial charge >= 0.3 is 0 Å². The molecule has 0 amide bonds. The van der Waals surface area contributed by atoms with Crippen LogP contribution in [0.2, 0.25) is 0 Å². The molecule has 0 aromatic heterocycles. The zero-order chi connectivity index (χ0) is 14.4.